The van der Waals surface area contributed by atoms with Gasteiger partial charge in [-0.2, -0.15) is 5.10 Å². The average Bonchev–Trinajstić information content (AvgIpc) is 3.46. The van der Waals surface area contributed by atoms with Crippen LogP contribution in [0.2, 0.25) is 0 Å². The Bertz CT molecular complexity index is 1820. The lowest BCUT2D eigenvalue weighted by molar-refractivity contribution is -0.176. The van der Waals surface area contributed by atoms with Gasteiger partial charge in [-0.15, -0.1) is 0 Å². The minimum Gasteiger partial charge on any atom is -0.481 e. The zero-order valence-corrected chi connectivity index (χ0v) is 31.2. The van der Waals surface area contributed by atoms with Crippen LogP contribution in [0.25, 0.3) is 11.1 Å². The number of amides is 7. The lowest BCUT2D eigenvalue weighted by Crippen LogP contribution is -2.64. The van der Waals surface area contributed by atoms with Crippen molar-refractivity contribution in [2.24, 2.45) is 16.9 Å². The fourth-order valence-electron chi connectivity index (χ4n) is 8.09. The van der Waals surface area contributed by atoms with E-state index in [1.807, 2.05) is 48.5 Å². The maximum absolute atomic E-state index is 14.0. The lowest BCUT2D eigenvalue weighted by atomic mass is 9.81. The number of nitrogens with zero attached hydrogens (tertiary/aromatic N) is 3. The molecular weight excluding hydrogens is 724 g/mol. The molecule has 2 aliphatic heterocycles. The monoisotopic (exact) mass is 772 g/mol. The Morgan fingerprint density at radius 2 is 1.61 bits per heavy atom. The highest BCUT2D eigenvalue weighted by molar-refractivity contribution is 5.96. The molecule has 2 saturated heterocycles. The Morgan fingerprint density at radius 1 is 0.929 bits per heavy atom. The van der Waals surface area contributed by atoms with E-state index in [9.17, 15) is 38.7 Å². The largest absolute Gasteiger partial charge is 0.481 e. The number of hydrazine groups is 1. The zero-order valence-electron chi connectivity index (χ0n) is 31.2. The molecule has 4 aliphatic rings. The van der Waals surface area contributed by atoms with E-state index in [0.717, 1.165) is 59.2 Å². The summed E-state index contributed by atoms with van der Waals surface area (Å²) in [5, 5.41) is 26.3. The number of benzene rings is 2. The van der Waals surface area contributed by atoms with Gasteiger partial charge in [-0.1, -0.05) is 48.5 Å². The molecule has 3 atom stereocenters. The van der Waals surface area contributed by atoms with Crippen LogP contribution < -0.4 is 26.7 Å². The third kappa shape index (κ3) is 9.26. The van der Waals surface area contributed by atoms with Crippen molar-refractivity contribution in [1.82, 2.24) is 36.7 Å². The number of carboxylic acid groups (broad SMARTS) is 1. The SMILES string of the molecule is CNC(=O)C1CCC(CNC(=O)N/N=C/[C@H](CC(=O)O)NC(=O)[C@@H]2CCCN3C(=O)CC[C@H](NC(=O)OCC4c5ccccc5-c5ccccc54)C(=O)N23)CC1. The molecule has 2 aromatic carbocycles. The molecule has 0 aromatic heterocycles. The molecule has 17 nitrogen and oxygen atoms in total. The quantitative estimate of drug-likeness (QED) is 0.137. The van der Waals surface area contributed by atoms with Gasteiger partial charge in [0.05, 0.1) is 12.5 Å². The van der Waals surface area contributed by atoms with Crippen LogP contribution in [-0.2, 0) is 28.7 Å². The number of hydrogen-bond acceptors (Lipinski definition) is 9. The van der Waals surface area contributed by atoms with Crippen molar-refractivity contribution in [3.63, 3.8) is 0 Å². The molecule has 1 saturated carbocycles. The summed E-state index contributed by atoms with van der Waals surface area (Å²) in [6, 6.07) is 11.6. The first-order chi connectivity index (χ1) is 27.0. The van der Waals surface area contributed by atoms with Crippen LogP contribution in [0.5, 0.6) is 0 Å². The summed E-state index contributed by atoms with van der Waals surface area (Å²) in [5.74, 6) is -3.07. The second-order valence-corrected chi connectivity index (χ2v) is 14.6. The average molecular weight is 773 g/mol. The summed E-state index contributed by atoms with van der Waals surface area (Å²) in [6.45, 7) is 0.570. The summed E-state index contributed by atoms with van der Waals surface area (Å²) < 4.78 is 5.66. The van der Waals surface area contributed by atoms with Crippen LogP contribution in [0.4, 0.5) is 9.59 Å². The van der Waals surface area contributed by atoms with Crippen LogP contribution in [0, 0.1) is 11.8 Å². The highest BCUT2D eigenvalue weighted by atomic mass is 16.5. The van der Waals surface area contributed by atoms with Crippen LogP contribution >= 0.6 is 0 Å². The molecule has 6 rings (SSSR count). The molecule has 6 N–H and O–H groups in total. The number of hydrazone groups is 1. The fraction of sp³-hybridized carbons (Fsp3) is 0.487. The minimum absolute atomic E-state index is 0.0114. The summed E-state index contributed by atoms with van der Waals surface area (Å²) in [4.78, 5) is 90.1. The van der Waals surface area contributed by atoms with Crippen molar-refractivity contribution in [3.05, 3.63) is 59.7 Å². The Kier molecular flexibility index (Phi) is 12.8. The summed E-state index contributed by atoms with van der Waals surface area (Å²) in [7, 11) is 1.61. The molecule has 2 aliphatic carbocycles. The third-order valence-corrected chi connectivity index (χ3v) is 11.0. The van der Waals surface area contributed by atoms with E-state index in [2.05, 4.69) is 31.8 Å². The van der Waals surface area contributed by atoms with Crippen LogP contribution in [-0.4, -0.2) is 108 Å². The number of carbonyl (C=O) groups excluding carboxylic acids is 6. The molecule has 0 bridgehead atoms. The Hall–Kier alpha value is -6.00. The van der Waals surface area contributed by atoms with E-state index in [0.29, 0.717) is 13.0 Å². The van der Waals surface area contributed by atoms with Crippen LogP contribution in [0.1, 0.15) is 74.8 Å². The number of carboxylic acids is 1. The second-order valence-electron chi connectivity index (χ2n) is 14.6. The van der Waals surface area contributed by atoms with Gasteiger partial charge in [0, 0.05) is 44.6 Å². The lowest BCUT2D eigenvalue weighted by Gasteiger charge is -2.43. The zero-order chi connectivity index (χ0) is 39.8. The normalized spacial score (nSPS) is 22.5. The van der Waals surface area contributed by atoms with Gasteiger partial charge in [0.25, 0.3) is 5.91 Å². The Labute approximate surface area is 323 Å². The first-order valence-corrected chi connectivity index (χ1v) is 19.1. The summed E-state index contributed by atoms with van der Waals surface area (Å²) in [5.41, 5.74) is 6.46. The Morgan fingerprint density at radius 3 is 2.27 bits per heavy atom. The number of fused-ring (bicyclic) bond motifs is 4. The number of nitrogens with one attached hydrogen (secondary N) is 5. The smallest absolute Gasteiger partial charge is 0.407 e. The molecule has 0 unspecified atom stereocenters. The number of hydrogen-bond donors (Lipinski definition) is 6. The first-order valence-electron chi connectivity index (χ1n) is 19.1. The van der Waals surface area contributed by atoms with Gasteiger partial charge < -0.3 is 31.1 Å². The highest BCUT2D eigenvalue weighted by Gasteiger charge is 2.45. The number of aliphatic carboxylic acids is 1. The van der Waals surface area contributed by atoms with Crippen LogP contribution in [0.15, 0.2) is 53.6 Å². The van der Waals surface area contributed by atoms with E-state index in [4.69, 9.17) is 4.74 Å². The molecule has 56 heavy (non-hydrogen) atoms. The number of ether oxygens (including phenoxy) is 1. The number of carbonyl (C=O) groups is 7. The van der Waals surface area contributed by atoms with Gasteiger partial charge in [0.1, 0.15) is 18.7 Å². The highest BCUT2D eigenvalue weighted by Crippen LogP contribution is 2.44. The van der Waals surface area contributed by atoms with Gasteiger partial charge in [0.2, 0.25) is 17.7 Å². The van der Waals surface area contributed by atoms with E-state index >= 15 is 0 Å². The predicted molar refractivity (Wildman–Crippen MR) is 202 cm³/mol. The molecular formula is C39H48N8O9. The van der Waals surface area contributed by atoms with Gasteiger partial charge in [-0.3, -0.25) is 29.0 Å². The predicted octanol–water partition coefficient (Wildman–Crippen LogP) is 2.22. The number of alkyl carbamates (subject to hydrolysis) is 1. The first kappa shape index (κ1) is 39.7. The van der Waals surface area contributed by atoms with E-state index in [1.54, 1.807) is 7.05 Å². The van der Waals surface area contributed by atoms with Crippen molar-refractivity contribution >= 4 is 47.9 Å². The van der Waals surface area contributed by atoms with E-state index < -0.39 is 60.4 Å². The minimum atomic E-state index is -1.25. The molecule has 2 heterocycles. The molecule has 0 spiro atoms. The third-order valence-electron chi connectivity index (χ3n) is 11.0. The standard InChI is InChI=1S/C39H48N8O9/c1-40-35(51)24-14-12-23(13-15-24)20-41-38(54)45-42-21-25(19-34(49)50)43-36(52)32-11-6-18-46-33(48)17-16-31(37(53)47(32)46)44-39(55)56-22-30-28-9-4-2-7-26(28)27-8-3-5-10-29(27)30/h2-5,7-10,21,23-25,30-32H,6,11-20,22H2,1H3,(H,40,51)(H,43,52)(H,44,55)(H,49,50)(H2,41,45,54)/b42-21+/t23?,24?,25-,31-,32-/m0/s1. The van der Waals surface area contributed by atoms with Crippen molar-refractivity contribution in [3.8, 4) is 11.1 Å². The molecule has 7 amide bonds. The summed E-state index contributed by atoms with van der Waals surface area (Å²) >= 11 is 0. The number of rotatable bonds is 12. The van der Waals surface area contributed by atoms with Crippen molar-refractivity contribution in [2.75, 3.05) is 26.7 Å². The maximum atomic E-state index is 14.0. The molecule has 0 radical (unpaired) electrons. The van der Waals surface area contributed by atoms with Gasteiger partial charge >= 0.3 is 18.1 Å². The summed E-state index contributed by atoms with van der Waals surface area (Å²) in [6.07, 6.45) is 3.17. The molecule has 2 aromatic rings. The Balaban J connectivity index is 1.04. The van der Waals surface area contributed by atoms with Crippen molar-refractivity contribution in [2.45, 2.75) is 81.8 Å². The molecule has 298 valence electrons. The van der Waals surface area contributed by atoms with Crippen LogP contribution in [0.3, 0.4) is 0 Å². The number of urea groups is 1. The van der Waals surface area contributed by atoms with Gasteiger partial charge in [0.15, 0.2) is 0 Å². The van der Waals surface area contributed by atoms with E-state index in [-0.39, 0.29) is 56.1 Å². The molecule has 3 fully saturated rings. The molecule has 17 heteroatoms. The topological polar surface area (TPSA) is 228 Å². The van der Waals surface area contributed by atoms with Gasteiger partial charge in [-0.05, 0) is 73.1 Å². The fourth-order valence-corrected chi connectivity index (χ4v) is 8.09. The maximum Gasteiger partial charge on any atom is 0.407 e. The second kappa shape index (κ2) is 18.1. The van der Waals surface area contributed by atoms with Gasteiger partial charge in [-0.25, -0.2) is 20.0 Å². The van der Waals surface area contributed by atoms with Crippen molar-refractivity contribution in [1.29, 1.82) is 0 Å². The van der Waals surface area contributed by atoms with E-state index in [1.165, 1.54) is 5.01 Å². The van der Waals surface area contributed by atoms with Crippen molar-refractivity contribution < 1.29 is 43.4 Å².